The number of benzene rings is 2. The Morgan fingerprint density at radius 3 is 2.27 bits per heavy atom. The highest BCUT2D eigenvalue weighted by molar-refractivity contribution is 5.82. The zero-order valence-corrected chi connectivity index (χ0v) is 12.4. The van der Waals surface area contributed by atoms with Crippen molar-refractivity contribution in [3.63, 3.8) is 0 Å². The minimum absolute atomic E-state index is 0.305. The van der Waals surface area contributed by atoms with Gasteiger partial charge in [-0.1, -0.05) is 60.7 Å². The van der Waals surface area contributed by atoms with Crippen LogP contribution in [-0.4, -0.2) is 35.3 Å². The molecule has 1 amide bonds. The first-order valence-electron chi connectivity index (χ1n) is 7.36. The van der Waals surface area contributed by atoms with E-state index in [-0.39, 0.29) is 12.1 Å². The number of aliphatic hydroxyl groups is 1. The Kier molecular flexibility index (Phi) is 4.22. The molecule has 4 heteroatoms. The van der Waals surface area contributed by atoms with E-state index in [1.165, 1.54) is 4.90 Å². The van der Waals surface area contributed by atoms with Gasteiger partial charge in [-0.15, -0.1) is 0 Å². The van der Waals surface area contributed by atoms with Gasteiger partial charge in [-0.3, -0.25) is 4.79 Å². The fourth-order valence-corrected chi connectivity index (χ4v) is 2.72. The second kappa shape index (κ2) is 6.30. The van der Waals surface area contributed by atoms with E-state index in [9.17, 15) is 9.90 Å². The third-order valence-electron chi connectivity index (χ3n) is 4.00. The summed E-state index contributed by atoms with van der Waals surface area (Å²) >= 11 is 0. The van der Waals surface area contributed by atoms with Gasteiger partial charge in [0.05, 0.1) is 0 Å². The molecule has 1 fully saturated rings. The average Bonchev–Trinajstić information content (AvgIpc) is 2.57. The molecule has 1 aliphatic rings. The van der Waals surface area contributed by atoms with Gasteiger partial charge < -0.3 is 14.7 Å². The lowest BCUT2D eigenvalue weighted by Gasteiger charge is -2.40. The predicted octanol–water partition coefficient (Wildman–Crippen LogP) is 2.15. The summed E-state index contributed by atoms with van der Waals surface area (Å²) < 4.78 is 6.03. The van der Waals surface area contributed by atoms with Crippen molar-refractivity contribution in [2.24, 2.45) is 0 Å². The Bertz CT molecular complexity index is 629. The lowest BCUT2D eigenvalue weighted by Crippen LogP contribution is -2.53. The molecule has 3 atom stereocenters. The van der Waals surface area contributed by atoms with Crippen LogP contribution in [0.5, 0.6) is 0 Å². The number of carbonyl (C=O) groups excluding carboxylic acids is 1. The molecule has 22 heavy (non-hydrogen) atoms. The van der Waals surface area contributed by atoms with E-state index in [1.54, 1.807) is 7.05 Å². The van der Waals surface area contributed by atoms with Crippen LogP contribution in [0.15, 0.2) is 60.7 Å². The summed E-state index contributed by atoms with van der Waals surface area (Å²) in [6.45, 7) is 0. The summed E-state index contributed by atoms with van der Waals surface area (Å²) in [6, 6.07) is 19.3. The highest BCUT2D eigenvalue weighted by Gasteiger charge is 2.40. The molecule has 2 aromatic rings. The molecule has 0 unspecified atom stereocenters. The zero-order chi connectivity index (χ0) is 15.5. The molecule has 0 saturated carbocycles. The smallest absolute Gasteiger partial charge is 0.256 e. The van der Waals surface area contributed by atoms with E-state index in [0.29, 0.717) is 6.42 Å². The molecule has 0 aromatic heterocycles. The van der Waals surface area contributed by atoms with Gasteiger partial charge in [0.2, 0.25) is 0 Å². The molecule has 1 heterocycles. The van der Waals surface area contributed by atoms with Crippen LogP contribution >= 0.6 is 0 Å². The predicted molar refractivity (Wildman–Crippen MR) is 83.0 cm³/mol. The topological polar surface area (TPSA) is 49.8 Å². The lowest BCUT2D eigenvalue weighted by molar-refractivity contribution is -0.197. The fraction of sp³-hybridized carbons (Fsp3) is 0.278. The van der Waals surface area contributed by atoms with Gasteiger partial charge in [0.25, 0.3) is 5.91 Å². The first kappa shape index (κ1) is 14.8. The van der Waals surface area contributed by atoms with Crippen molar-refractivity contribution < 1.29 is 14.6 Å². The molecule has 4 nitrogen and oxygen atoms in total. The van der Waals surface area contributed by atoms with Crippen LogP contribution in [0.3, 0.4) is 0 Å². The van der Waals surface area contributed by atoms with Crippen molar-refractivity contribution in [1.82, 2.24) is 4.90 Å². The van der Waals surface area contributed by atoms with Crippen LogP contribution in [0.25, 0.3) is 0 Å². The number of amides is 1. The minimum Gasteiger partial charge on any atom is -0.380 e. The van der Waals surface area contributed by atoms with Crippen LogP contribution < -0.4 is 0 Å². The SMILES string of the molecule is CN1C(=O)[C@H](O)[C@H](c2ccccc2)O[C@H]1Cc1ccccc1. The minimum atomic E-state index is -1.17. The molecule has 114 valence electrons. The van der Waals surface area contributed by atoms with Gasteiger partial charge in [0, 0.05) is 13.5 Å². The molecule has 0 radical (unpaired) electrons. The Morgan fingerprint density at radius 2 is 1.64 bits per heavy atom. The zero-order valence-electron chi connectivity index (χ0n) is 12.4. The second-order valence-electron chi connectivity index (χ2n) is 5.51. The Morgan fingerprint density at radius 1 is 1.05 bits per heavy atom. The summed E-state index contributed by atoms with van der Waals surface area (Å²) in [7, 11) is 1.67. The highest BCUT2D eigenvalue weighted by Crippen LogP contribution is 2.30. The Hall–Kier alpha value is -2.17. The van der Waals surface area contributed by atoms with E-state index < -0.39 is 12.2 Å². The van der Waals surface area contributed by atoms with Crippen LogP contribution in [0.2, 0.25) is 0 Å². The number of likely N-dealkylation sites (N-methyl/N-ethyl adjacent to an activating group) is 1. The molecule has 0 aliphatic carbocycles. The molecule has 3 rings (SSSR count). The van der Waals surface area contributed by atoms with Crippen LogP contribution in [-0.2, 0) is 16.0 Å². The quantitative estimate of drug-likeness (QED) is 0.944. The number of nitrogens with zero attached hydrogens (tertiary/aromatic N) is 1. The van der Waals surface area contributed by atoms with Gasteiger partial charge in [-0.05, 0) is 11.1 Å². The van der Waals surface area contributed by atoms with Crippen molar-refractivity contribution in [2.45, 2.75) is 24.9 Å². The number of ether oxygens (including phenoxy) is 1. The van der Waals surface area contributed by atoms with E-state index in [2.05, 4.69) is 0 Å². The van der Waals surface area contributed by atoms with Crippen molar-refractivity contribution in [2.75, 3.05) is 7.05 Å². The molecular formula is C18H19NO3. The normalized spacial score (nSPS) is 25.3. The summed E-state index contributed by atoms with van der Waals surface area (Å²) in [6.07, 6.45) is -1.58. The fourth-order valence-electron chi connectivity index (χ4n) is 2.72. The maximum absolute atomic E-state index is 12.3. The molecule has 1 N–H and O–H groups in total. The maximum atomic E-state index is 12.3. The van der Waals surface area contributed by atoms with Crippen molar-refractivity contribution in [3.8, 4) is 0 Å². The Balaban J connectivity index is 1.83. The highest BCUT2D eigenvalue weighted by atomic mass is 16.5. The molecule has 0 bridgehead atoms. The number of rotatable bonds is 3. The largest absolute Gasteiger partial charge is 0.380 e. The molecule has 1 saturated heterocycles. The molecule has 1 aliphatic heterocycles. The first-order valence-corrected chi connectivity index (χ1v) is 7.36. The van der Waals surface area contributed by atoms with E-state index in [1.807, 2.05) is 60.7 Å². The van der Waals surface area contributed by atoms with Crippen LogP contribution in [0.1, 0.15) is 17.2 Å². The molecular weight excluding hydrogens is 278 g/mol. The van der Waals surface area contributed by atoms with Crippen LogP contribution in [0.4, 0.5) is 0 Å². The van der Waals surface area contributed by atoms with Gasteiger partial charge in [-0.25, -0.2) is 0 Å². The van der Waals surface area contributed by atoms with Crippen LogP contribution in [0, 0.1) is 0 Å². The first-order chi connectivity index (χ1) is 10.7. The molecule has 0 spiro atoms. The van der Waals surface area contributed by atoms with E-state index in [4.69, 9.17) is 4.74 Å². The number of carbonyl (C=O) groups is 1. The summed E-state index contributed by atoms with van der Waals surface area (Å²) in [5.74, 6) is -0.305. The van der Waals surface area contributed by atoms with Crippen molar-refractivity contribution >= 4 is 5.91 Å². The van der Waals surface area contributed by atoms with Gasteiger partial charge in [0.1, 0.15) is 12.3 Å². The van der Waals surface area contributed by atoms with Gasteiger partial charge >= 0.3 is 0 Å². The average molecular weight is 297 g/mol. The summed E-state index contributed by atoms with van der Waals surface area (Å²) in [5, 5.41) is 10.2. The lowest BCUT2D eigenvalue weighted by atomic mass is 10.00. The third-order valence-corrected chi connectivity index (χ3v) is 4.00. The van der Waals surface area contributed by atoms with E-state index >= 15 is 0 Å². The number of hydrogen-bond acceptors (Lipinski definition) is 3. The Labute approximate surface area is 130 Å². The third kappa shape index (κ3) is 2.89. The maximum Gasteiger partial charge on any atom is 0.256 e. The molecule has 2 aromatic carbocycles. The number of hydrogen-bond donors (Lipinski definition) is 1. The van der Waals surface area contributed by atoms with Crippen molar-refractivity contribution in [1.29, 1.82) is 0 Å². The van der Waals surface area contributed by atoms with E-state index in [0.717, 1.165) is 11.1 Å². The summed E-state index contributed by atoms with van der Waals surface area (Å²) in [5.41, 5.74) is 1.91. The van der Waals surface area contributed by atoms with Gasteiger partial charge in [0.15, 0.2) is 6.10 Å². The van der Waals surface area contributed by atoms with Gasteiger partial charge in [-0.2, -0.15) is 0 Å². The second-order valence-corrected chi connectivity index (χ2v) is 5.51. The standard InChI is InChI=1S/C18H19NO3/c1-19-15(12-13-8-4-2-5-9-13)22-17(16(20)18(19)21)14-10-6-3-7-11-14/h2-11,15-17,20H,12H2,1H3/t15-,16+,17-/m0/s1. The summed E-state index contributed by atoms with van der Waals surface area (Å²) in [4.78, 5) is 13.8. The monoisotopic (exact) mass is 297 g/mol. The van der Waals surface area contributed by atoms with Crippen molar-refractivity contribution in [3.05, 3.63) is 71.8 Å². The number of aliphatic hydroxyl groups excluding tert-OH is 1.